The number of rotatable bonds is 2. The Morgan fingerprint density at radius 1 is 1.09 bits per heavy atom. The van der Waals surface area contributed by atoms with Crippen LogP contribution in [-0.4, -0.2) is 21.7 Å². The average Bonchev–Trinajstić information content (AvgIpc) is 2.93. The first-order valence-electron chi connectivity index (χ1n) is 6.48. The molecule has 0 unspecified atom stereocenters. The van der Waals surface area contributed by atoms with Gasteiger partial charge in [0.05, 0.1) is 19.0 Å². The summed E-state index contributed by atoms with van der Waals surface area (Å²) in [6.07, 6.45) is -3.21. The minimum absolute atomic E-state index is 0.0360. The molecule has 4 nitrogen and oxygen atoms in total. The molecule has 0 saturated carbocycles. The van der Waals surface area contributed by atoms with E-state index in [1.165, 1.54) is 26.3 Å². The Balaban J connectivity index is 2.27. The molecule has 3 rings (SSSR count). The zero-order valence-corrected chi connectivity index (χ0v) is 11.8. The van der Waals surface area contributed by atoms with Crippen molar-refractivity contribution in [1.82, 2.24) is 14.6 Å². The van der Waals surface area contributed by atoms with Crippen molar-refractivity contribution in [2.45, 2.75) is 13.1 Å². The van der Waals surface area contributed by atoms with Crippen LogP contribution in [0.5, 0.6) is 5.75 Å². The third-order valence-electron chi connectivity index (χ3n) is 3.40. The average molecular weight is 307 g/mol. The Hall–Kier alpha value is -2.57. The number of benzene rings is 1. The summed E-state index contributed by atoms with van der Waals surface area (Å²) in [4.78, 5) is 4.29. The summed E-state index contributed by atoms with van der Waals surface area (Å²) in [7, 11) is 1.53. The second kappa shape index (κ2) is 5.01. The first-order chi connectivity index (χ1) is 10.4. The predicted octanol–water partition coefficient (Wildman–Crippen LogP) is 3.73. The van der Waals surface area contributed by atoms with E-state index >= 15 is 0 Å². The summed E-state index contributed by atoms with van der Waals surface area (Å²) in [5, 5.41) is 3.72. The molecule has 2 aromatic heterocycles. The lowest BCUT2D eigenvalue weighted by atomic mass is 10.0. The molecule has 0 amide bonds. The van der Waals surface area contributed by atoms with Gasteiger partial charge in [-0.1, -0.05) is 0 Å². The third-order valence-corrected chi connectivity index (χ3v) is 3.40. The molecule has 0 atom stereocenters. The van der Waals surface area contributed by atoms with Gasteiger partial charge in [-0.15, -0.1) is 0 Å². The van der Waals surface area contributed by atoms with E-state index in [0.29, 0.717) is 11.3 Å². The Morgan fingerprint density at radius 3 is 2.36 bits per heavy atom. The van der Waals surface area contributed by atoms with Crippen molar-refractivity contribution in [3.8, 4) is 17.0 Å². The van der Waals surface area contributed by atoms with E-state index in [1.807, 2.05) is 0 Å². The van der Waals surface area contributed by atoms with Crippen LogP contribution in [0.25, 0.3) is 16.9 Å². The molecule has 3 aromatic rings. The van der Waals surface area contributed by atoms with Crippen molar-refractivity contribution in [1.29, 1.82) is 0 Å². The zero-order valence-electron chi connectivity index (χ0n) is 11.8. The summed E-state index contributed by atoms with van der Waals surface area (Å²) in [6, 6.07) is 8.18. The number of methoxy groups -OCH3 is 1. The van der Waals surface area contributed by atoms with Crippen LogP contribution in [0.2, 0.25) is 0 Å². The number of hydrogen-bond acceptors (Lipinski definition) is 3. The molecular formula is C15H12F3N3O. The highest BCUT2D eigenvalue weighted by Crippen LogP contribution is 2.36. The van der Waals surface area contributed by atoms with E-state index in [9.17, 15) is 13.2 Å². The normalized spacial score (nSPS) is 11.9. The van der Waals surface area contributed by atoms with Crippen molar-refractivity contribution in [2.24, 2.45) is 0 Å². The molecule has 22 heavy (non-hydrogen) atoms. The van der Waals surface area contributed by atoms with Crippen LogP contribution in [-0.2, 0) is 6.18 Å². The number of nitrogens with zero attached hydrogens (tertiary/aromatic N) is 3. The topological polar surface area (TPSA) is 39.4 Å². The van der Waals surface area contributed by atoms with Crippen molar-refractivity contribution in [2.75, 3.05) is 7.11 Å². The SMILES string of the molecule is COc1ccc(-c2nc3ccnn3c(C(F)(F)F)c2C)cc1. The van der Waals surface area contributed by atoms with Crippen molar-refractivity contribution >= 4 is 5.65 Å². The molecular weight excluding hydrogens is 295 g/mol. The van der Waals surface area contributed by atoms with E-state index in [0.717, 1.165) is 4.52 Å². The maximum Gasteiger partial charge on any atom is 0.433 e. The van der Waals surface area contributed by atoms with Gasteiger partial charge < -0.3 is 4.74 Å². The lowest BCUT2D eigenvalue weighted by Gasteiger charge is -2.15. The second-order valence-electron chi connectivity index (χ2n) is 4.76. The first-order valence-corrected chi connectivity index (χ1v) is 6.48. The smallest absolute Gasteiger partial charge is 0.433 e. The Bertz CT molecular complexity index is 822. The second-order valence-corrected chi connectivity index (χ2v) is 4.76. The summed E-state index contributed by atoms with van der Waals surface area (Å²) in [5.74, 6) is 0.628. The molecule has 2 heterocycles. The van der Waals surface area contributed by atoms with Gasteiger partial charge in [0.25, 0.3) is 0 Å². The van der Waals surface area contributed by atoms with Gasteiger partial charge in [0.1, 0.15) is 5.75 Å². The number of ether oxygens (including phenoxy) is 1. The Kier molecular flexibility index (Phi) is 3.27. The van der Waals surface area contributed by atoms with Gasteiger partial charge in [-0.25, -0.2) is 9.50 Å². The highest BCUT2D eigenvalue weighted by atomic mass is 19.4. The van der Waals surface area contributed by atoms with Gasteiger partial charge in [-0.3, -0.25) is 0 Å². The van der Waals surface area contributed by atoms with Crippen molar-refractivity contribution in [3.05, 3.63) is 47.8 Å². The number of halogens is 3. The van der Waals surface area contributed by atoms with Gasteiger partial charge in [-0.2, -0.15) is 18.3 Å². The van der Waals surface area contributed by atoms with Gasteiger partial charge in [0.2, 0.25) is 0 Å². The Labute approximate surface area is 124 Å². The van der Waals surface area contributed by atoms with Crippen molar-refractivity contribution < 1.29 is 17.9 Å². The molecule has 0 N–H and O–H groups in total. The minimum Gasteiger partial charge on any atom is -0.497 e. The van der Waals surface area contributed by atoms with Gasteiger partial charge in [0, 0.05) is 17.2 Å². The third kappa shape index (κ3) is 2.28. The molecule has 0 fully saturated rings. The number of alkyl halides is 3. The standard InChI is InChI=1S/C15H12F3N3O/c1-9-13(10-3-5-11(22-2)6-4-10)20-12-7-8-19-21(12)14(9)15(16,17)18/h3-8H,1-2H3. The van der Waals surface area contributed by atoms with Crippen LogP contribution in [0.3, 0.4) is 0 Å². The molecule has 0 spiro atoms. The fraction of sp³-hybridized carbons (Fsp3) is 0.200. The van der Waals surface area contributed by atoms with E-state index in [-0.39, 0.29) is 16.9 Å². The maximum absolute atomic E-state index is 13.4. The summed E-state index contributed by atoms with van der Waals surface area (Å²) in [6.45, 7) is 1.40. The fourth-order valence-corrected chi connectivity index (χ4v) is 2.39. The summed E-state index contributed by atoms with van der Waals surface area (Å²) < 4.78 is 46.0. The molecule has 0 aliphatic rings. The minimum atomic E-state index is -4.52. The summed E-state index contributed by atoms with van der Waals surface area (Å²) >= 11 is 0. The van der Waals surface area contributed by atoms with Crippen LogP contribution >= 0.6 is 0 Å². The van der Waals surface area contributed by atoms with Crippen LogP contribution < -0.4 is 4.74 Å². The lowest BCUT2D eigenvalue weighted by Crippen LogP contribution is -2.16. The molecule has 0 bridgehead atoms. The predicted molar refractivity (Wildman–Crippen MR) is 74.7 cm³/mol. The molecule has 0 aliphatic heterocycles. The van der Waals surface area contributed by atoms with E-state index in [1.54, 1.807) is 24.3 Å². The maximum atomic E-state index is 13.4. The summed E-state index contributed by atoms with van der Waals surface area (Å²) in [5.41, 5.74) is 0.251. The monoisotopic (exact) mass is 307 g/mol. The molecule has 114 valence electrons. The molecule has 1 aromatic carbocycles. The fourth-order valence-electron chi connectivity index (χ4n) is 2.39. The number of fused-ring (bicyclic) bond motifs is 1. The highest BCUT2D eigenvalue weighted by Gasteiger charge is 2.37. The van der Waals surface area contributed by atoms with Gasteiger partial charge >= 0.3 is 6.18 Å². The van der Waals surface area contributed by atoms with Crippen LogP contribution in [0.4, 0.5) is 13.2 Å². The van der Waals surface area contributed by atoms with Crippen LogP contribution in [0.1, 0.15) is 11.3 Å². The Morgan fingerprint density at radius 2 is 1.77 bits per heavy atom. The van der Waals surface area contributed by atoms with E-state index < -0.39 is 11.9 Å². The van der Waals surface area contributed by atoms with E-state index in [4.69, 9.17) is 4.74 Å². The van der Waals surface area contributed by atoms with Gasteiger partial charge in [0.15, 0.2) is 11.3 Å². The van der Waals surface area contributed by atoms with E-state index in [2.05, 4.69) is 10.1 Å². The quantitative estimate of drug-likeness (QED) is 0.724. The first kappa shape index (κ1) is 14.4. The van der Waals surface area contributed by atoms with Crippen LogP contribution in [0.15, 0.2) is 36.5 Å². The number of aromatic nitrogens is 3. The molecule has 0 aliphatic carbocycles. The van der Waals surface area contributed by atoms with Gasteiger partial charge in [-0.05, 0) is 31.2 Å². The highest BCUT2D eigenvalue weighted by molar-refractivity contribution is 5.67. The lowest BCUT2D eigenvalue weighted by molar-refractivity contribution is -0.143. The van der Waals surface area contributed by atoms with Crippen molar-refractivity contribution in [3.63, 3.8) is 0 Å². The molecule has 7 heteroatoms. The number of hydrogen-bond donors (Lipinski definition) is 0. The molecule has 0 radical (unpaired) electrons. The molecule has 0 saturated heterocycles. The largest absolute Gasteiger partial charge is 0.497 e. The zero-order chi connectivity index (χ0) is 15.9. The van der Waals surface area contributed by atoms with Crippen LogP contribution in [0, 0.1) is 6.92 Å².